The summed E-state index contributed by atoms with van der Waals surface area (Å²) in [7, 11) is 0. The second-order valence-electron chi connectivity index (χ2n) is 6.63. The molecular weight excluding hydrogens is 290 g/mol. The van der Waals surface area contributed by atoms with Crippen LogP contribution in [0.2, 0.25) is 0 Å². The summed E-state index contributed by atoms with van der Waals surface area (Å²) in [4.78, 5) is 26.4. The van der Waals surface area contributed by atoms with E-state index in [0.29, 0.717) is 18.0 Å². The van der Waals surface area contributed by atoms with Crippen molar-refractivity contribution >= 4 is 17.5 Å². The highest BCUT2D eigenvalue weighted by atomic mass is 16.2. The second-order valence-corrected chi connectivity index (χ2v) is 6.63. The van der Waals surface area contributed by atoms with E-state index >= 15 is 0 Å². The lowest BCUT2D eigenvalue weighted by Crippen LogP contribution is -2.37. The highest BCUT2D eigenvalue weighted by Gasteiger charge is 2.22. The molecule has 0 bridgehead atoms. The van der Waals surface area contributed by atoms with E-state index in [4.69, 9.17) is 5.73 Å². The van der Waals surface area contributed by atoms with Gasteiger partial charge in [-0.15, -0.1) is 0 Å². The van der Waals surface area contributed by atoms with Gasteiger partial charge in [-0.2, -0.15) is 0 Å². The lowest BCUT2D eigenvalue weighted by Gasteiger charge is -2.30. The maximum absolute atomic E-state index is 12.6. The van der Waals surface area contributed by atoms with Crippen LogP contribution in [-0.2, 0) is 4.79 Å². The minimum Gasteiger partial charge on any atom is -0.339 e. The normalized spacial score (nSPS) is 17.0. The van der Waals surface area contributed by atoms with Crippen molar-refractivity contribution in [3.63, 3.8) is 0 Å². The Morgan fingerprint density at radius 2 is 2.00 bits per heavy atom. The van der Waals surface area contributed by atoms with Gasteiger partial charge in [-0.05, 0) is 49.4 Å². The summed E-state index contributed by atoms with van der Waals surface area (Å²) in [6.45, 7) is 7.88. The average molecular weight is 317 g/mol. The Bertz CT molecular complexity index is 578. The molecule has 0 aromatic heterocycles. The van der Waals surface area contributed by atoms with E-state index in [1.54, 1.807) is 19.1 Å². The van der Waals surface area contributed by atoms with Crippen molar-refractivity contribution in [1.29, 1.82) is 0 Å². The van der Waals surface area contributed by atoms with Gasteiger partial charge >= 0.3 is 0 Å². The third-order valence-electron chi connectivity index (χ3n) is 4.60. The van der Waals surface area contributed by atoms with Gasteiger partial charge in [-0.25, -0.2) is 0 Å². The molecule has 5 heteroatoms. The second kappa shape index (κ2) is 7.59. The van der Waals surface area contributed by atoms with Gasteiger partial charge in [0.2, 0.25) is 5.91 Å². The Kier molecular flexibility index (Phi) is 5.77. The third kappa shape index (κ3) is 4.32. The predicted molar refractivity (Wildman–Crippen MR) is 92.3 cm³/mol. The zero-order valence-electron chi connectivity index (χ0n) is 14.3. The van der Waals surface area contributed by atoms with Crippen LogP contribution in [0.25, 0.3) is 0 Å². The zero-order chi connectivity index (χ0) is 17.0. The Balaban J connectivity index is 2.06. The van der Waals surface area contributed by atoms with E-state index in [2.05, 4.69) is 12.2 Å². The summed E-state index contributed by atoms with van der Waals surface area (Å²) in [6.07, 6.45) is 2.13. The molecule has 3 N–H and O–H groups in total. The molecule has 1 aliphatic rings. The van der Waals surface area contributed by atoms with Gasteiger partial charge < -0.3 is 16.0 Å². The maximum Gasteiger partial charge on any atom is 0.253 e. The molecular formula is C18H27N3O2. The standard InChI is InChI=1S/C18H27N3O2/c1-12-6-8-21(9-7-12)18(23)15-4-5-16(13(2)10-15)20-17(22)14(3)11-19/h4-5,10,12,14H,6-9,11,19H2,1-3H3,(H,20,22). The van der Waals surface area contributed by atoms with Crippen molar-refractivity contribution in [2.75, 3.05) is 25.0 Å². The number of benzene rings is 1. The lowest BCUT2D eigenvalue weighted by atomic mass is 9.98. The SMILES string of the molecule is Cc1cc(C(=O)N2CCC(C)CC2)ccc1NC(=O)C(C)CN. The Labute approximate surface area is 138 Å². The van der Waals surface area contributed by atoms with Gasteiger partial charge in [-0.1, -0.05) is 13.8 Å². The van der Waals surface area contributed by atoms with Crippen LogP contribution in [0.4, 0.5) is 5.69 Å². The van der Waals surface area contributed by atoms with Crippen LogP contribution in [0.5, 0.6) is 0 Å². The number of likely N-dealkylation sites (tertiary alicyclic amines) is 1. The van der Waals surface area contributed by atoms with Crippen molar-refractivity contribution in [2.45, 2.75) is 33.6 Å². The first-order valence-corrected chi connectivity index (χ1v) is 8.33. The molecule has 2 amide bonds. The first-order chi connectivity index (χ1) is 10.9. The molecule has 23 heavy (non-hydrogen) atoms. The molecule has 0 aliphatic carbocycles. The molecule has 1 fully saturated rings. The molecule has 1 aromatic rings. The number of hydrogen-bond acceptors (Lipinski definition) is 3. The van der Waals surface area contributed by atoms with E-state index in [1.165, 1.54) is 0 Å². The summed E-state index contributed by atoms with van der Waals surface area (Å²) >= 11 is 0. The van der Waals surface area contributed by atoms with E-state index in [1.807, 2.05) is 17.9 Å². The number of amides is 2. The number of hydrogen-bond donors (Lipinski definition) is 2. The fourth-order valence-electron chi connectivity index (χ4n) is 2.69. The van der Waals surface area contributed by atoms with Crippen LogP contribution in [-0.4, -0.2) is 36.3 Å². The zero-order valence-corrected chi connectivity index (χ0v) is 14.3. The van der Waals surface area contributed by atoms with Crippen molar-refractivity contribution in [2.24, 2.45) is 17.6 Å². The fourth-order valence-corrected chi connectivity index (χ4v) is 2.69. The number of carbonyl (C=O) groups excluding carboxylic acids is 2. The van der Waals surface area contributed by atoms with Crippen molar-refractivity contribution in [3.05, 3.63) is 29.3 Å². The van der Waals surface area contributed by atoms with Crippen LogP contribution in [0.15, 0.2) is 18.2 Å². The molecule has 0 saturated carbocycles. The quantitative estimate of drug-likeness (QED) is 0.895. The number of nitrogens with two attached hydrogens (primary N) is 1. The van der Waals surface area contributed by atoms with Crippen molar-refractivity contribution in [3.8, 4) is 0 Å². The minimum absolute atomic E-state index is 0.0770. The number of nitrogens with zero attached hydrogens (tertiary/aromatic N) is 1. The Morgan fingerprint density at radius 1 is 1.35 bits per heavy atom. The molecule has 1 unspecified atom stereocenters. The van der Waals surface area contributed by atoms with Crippen LogP contribution in [0.1, 0.15) is 42.6 Å². The Hall–Kier alpha value is -1.88. The third-order valence-corrected chi connectivity index (χ3v) is 4.60. The number of piperidine rings is 1. The van der Waals surface area contributed by atoms with Crippen molar-refractivity contribution < 1.29 is 9.59 Å². The van der Waals surface area contributed by atoms with E-state index in [9.17, 15) is 9.59 Å². The van der Waals surface area contributed by atoms with Crippen LogP contribution in [0, 0.1) is 18.8 Å². The molecule has 126 valence electrons. The topological polar surface area (TPSA) is 75.4 Å². The van der Waals surface area contributed by atoms with E-state index in [0.717, 1.165) is 37.2 Å². The summed E-state index contributed by atoms with van der Waals surface area (Å²) < 4.78 is 0. The number of nitrogens with one attached hydrogen (secondary N) is 1. The lowest BCUT2D eigenvalue weighted by molar-refractivity contribution is -0.119. The van der Waals surface area contributed by atoms with Crippen LogP contribution < -0.4 is 11.1 Å². The van der Waals surface area contributed by atoms with Crippen molar-refractivity contribution in [1.82, 2.24) is 4.90 Å². The largest absolute Gasteiger partial charge is 0.339 e. The molecule has 1 aliphatic heterocycles. The minimum atomic E-state index is -0.231. The molecule has 1 saturated heterocycles. The number of anilines is 1. The molecule has 1 heterocycles. The van der Waals surface area contributed by atoms with E-state index in [-0.39, 0.29) is 17.7 Å². The molecule has 2 rings (SSSR count). The highest BCUT2D eigenvalue weighted by Crippen LogP contribution is 2.21. The summed E-state index contributed by atoms with van der Waals surface area (Å²) in [5, 5.41) is 2.87. The number of aryl methyl sites for hydroxylation is 1. The van der Waals surface area contributed by atoms with Gasteiger partial charge in [0.15, 0.2) is 0 Å². The monoisotopic (exact) mass is 317 g/mol. The number of carbonyl (C=O) groups is 2. The maximum atomic E-state index is 12.6. The Morgan fingerprint density at radius 3 is 2.57 bits per heavy atom. The van der Waals surface area contributed by atoms with Gasteiger partial charge in [-0.3, -0.25) is 9.59 Å². The van der Waals surface area contributed by atoms with E-state index < -0.39 is 0 Å². The molecule has 1 atom stereocenters. The summed E-state index contributed by atoms with van der Waals surface area (Å²) in [5.41, 5.74) is 7.82. The van der Waals surface area contributed by atoms with Gasteiger partial charge in [0.25, 0.3) is 5.91 Å². The average Bonchev–Trinajstić information content (AvgIpc) is 2.55. The first-order valence-electron chi connectivity index (χ1n) is 8.33. The smallest absolute Gasteiger partial charge is 0.253 e. The molecule has 5 nitrogen and oxygen atoms in total. The number of rotatable bonds is 4. The van der Waals surface area contributed by atoms with Gasteiger partial charge in [0.05, 0.1) is 0 Å². The van der Waals surface area contributed by atoms with Gasteiger partial charge in [0.1, 0.15) is 0 Å². The first kappa shape index (κ1) is 17.5. The van der Waals surface area contributed by atoms with Gasteiger partial charge in [0, 0.05) is 36.8 Å². The fraction of sp³-hybridized carbons (Fsp3) is 0.556. The molecule has 1 aromatic carbocycles. The summed E-state index contributed by atoms with van der Waals surface area (Å²) in [6, 6.07) is 5.44. The van der Waals surface area contributed by atoms with Crippen LogP contribution in [0.3, 0.4) is 0 Å². The predicted octanol–water partition coefficient (Wildman–Crippen LogP) is 2.40. The highest BCUT2D eigenvalue weighted by molar-refractivity contribution is 5.97. The summed E-state index contributed by atoms with van der Waals surface area (Å²) in [5.74, 6) is 0.446. The van der Waals surface area contributed by atoms with Crippen LogP contribution >= 0.6 is 0 Å². The molecule has 0 spiro atoms. The molecule has 0 radical (unpaired) electrons.